The molecule has 4 rings (SSSR count). The molecule has 0 aliphatic carbocycles. The number of nitrogens with two attached hydrogens (primary N) is 4. The summed E-state index contributed by atoms with van der Waals surface area (Å²) in [6.07, 6.45) is 0.376. The number of nitrogens with one attached hydrogen (secondary N) is 1. The molecule has 12 heteroatoms. The molecule has 9 N–H and O–H groups in total. The Morgan fingerprint density at radius 1 is 0.732 bits per heavy atom. The second-order valence-corrected chi connectivity index (χ2v) is 9.49. The predicted molar refractivity (Wildman–Crippen MR) is 161 cm³/mol. The van der Waals surface area contributed by atoms with Crippen LogP contribution in [0.2, 0.25) is 0 Å². The van der Waals surface area contributed by atoms with E-state index in [1.807, 2.05) is 30.3 Å². The van der Waals surface area contributed by atoms with Gasteiger partial charge in [-0.1, -0.05) is 48.5 Å². The van der Waals surface area contributed by atoms with Crippen LogP contribution in [0.5, 0.6) is 0 Å². The first-order valence-corrected chi connectivity index (χ1v) is 12.8. The fourth-order valence-electron chi connectivity index (χ4n) is 4.42. The minimum absolute atomic E-state index is 0.146. The molecule has 0 bridgehead atoms. The predicted octanol–water partition coefficient (Wildman–Crippen LogP) is 1.89. The molecule has 1 aliphatic rings. The maximum Gasteiger partial charge on any atom is 0.254 e. The van der Waals surface area contributed by atoms with E-state index in [0.29, 0.717) is 35.6 Å². The largest absolute Gasteiger partial charge is 0.369 e. The quantitative estimate of drug-likeness (QED) is 0.168. The van der Waals surface area contributed by atoms with Crippen molar-refractivity contribution in [3.63, 3.8) is 0 Å². The van der Waals surface area contributed by atoms with E-state index in [1.165, 1.54) is 0 Å². The Balaban J connectivity index is 1.59. The van der Waals surface area contributed by atoms with Gasteiger partial charge in [0.1, 0.15) is 6.04 Å². The van der Waals surface area contributed by atoms with Gasteiger partial charge in [-0.3, -0.25) is 9.59 Å². The second-order valence-electron chi connectivity index (χ2n) is 9.49. The maximum absolute atomic E-state index is 13.8. The number of fused-ring (bicyclic) bond motifs is 1. The Morgan fingerprint density at radius 2 is 1.32 bits per heavy atom. The van der Waals surface area contributed by atoms with Crippen LogP contribution in [-0.4, -0.2) is 46.1 Å². The van der Waals surface area contributed by atoms with Gasteiger partial charge < -0.3 is 33.2 Å². The highest BCUT2D eigenvalue weighted by molar-refractivity contribution is 6.04. The lowest BCUT2D eigenvalue weighted by molar-refractivity contribution is -0.121. The van der Waals surface area contributed by atoms with Crippen LogP contribution < -0.4 is 28.3 Å². The van der Waals surface area contributed by atoms with E-state index in [-0.39, 0.29) is 23.7 Å². The highest BCUT2D eigenvalue weighted by Crippen LogP contribution is 2.26. The molecular formula is C29H32N10O2. The van der Waals surface area contributed by atoms with E-state index in [2.05, 4.69) is 25.7 Å². The Hall–Kier alpha value is -5.52. The van der Waals surface area contributed by atoms with Gasteiger partial charge in [0.25, 0.3) is 5.91 Å². The molecule has 1 aliphatic heterocycles. The number of amides is 2. The molecule has 0 saturated carbocycles. The highest BCUT2D eigenvalue weighted by Gasteiger charge is 2.35. The van der Waals surface area contributed by atoms with Crippen LogP contribution in [-0.2, 0) is 17.8 Å². The van der Waals surface area contributed by atoms with Gasteiger partial charge in [-0.25, -0.2) is 0 Å². The van der Waals surface area contributed by atoms with Crippen molar-refractivity contribution < 1.29 is 9.59 Å². The second kappa shape index (κ2) is 12.6. The molecule has 3 aromatic carbocycles. The third-order valence-electron chi connectivity index (χ3n) is 6.54. The third-order valence-corrected chi connectivity index (χ3v) is 6.54. The van der Waals surface area contributed by atoms with Crippen molar-refractivity contribution in [2.45, 2.75) is 32.9 Å². The molecule has 0 saturated heterocycles. The van der Waals surface area contributed by atoms with E-state index in [1.54, 1.807) is 61.2 Å². The smallest absolute Gasteiger partial charge is 0.254 e. The summed E-state index contributed by atoms with van der Waals surface area (Å²) in [5, 5.41) is 18.3. The molecule has 1 heterocycles. The summed E-state index contributed by atoms with van der Waals surface area (Å²) in [6, 6.07) is 21.2. The fraction of sp³-hybridized carbons (Fsp3) is 0.172. The summed E-state index contributed by atoms with van der Waals surface area (Å²) in [5.41, 5.74) is 27.1. The average molecular weight is 553 g/mol. The number of nitrogens with zero attached hydrogens (tertiary/aromatic N) is 5. The number of carbonyl (C=O) groups excluding carboxylic acids is 2. The van der Waals surface area contributed by atoms with Gasteiger partial charge in [0.05, 0.1) is 11.4 Å². The van der Waals surface area contributed by atoms with Gasteiger partial charge in [0.15, 0.2) is 0 Å². The lowest BCUT2D eigenvalue weighted by atomic mass is 9.92. The highest BCUT2D eigenvalue weighted by atomic mass is 16.2. The number of guanidine groups is 2. The number of hydrogen-bond donors (Lipinski definition) is 5. The lowest BCUT2D eigenvalue weighted by Gasteiger charge is -2.36. The molecule has 2 amide bonds. The van der Waals surface area contributed by atoms with Crippen LogP contribution in [0.1, 0.15) is 46.5 Å². The lowest BCUT2D eigenvalue weighted by Crippen LogP contribution is -2.50. The van der Waals surface area contributed by atoms with Crippen LogP contribution in [0.15, 0.2) is 93.2 Å². The Bertz CT molecular complexity index is 1570. The Kier molecular flexibility index (Phi) is 8.72. The molecule has 0 fully saturated rings. The fourth-order valence-corrected chi connectivity index (χ4v) is 4.42. The van der Waals surface area contributed by atoms with Crippen LogP contribution in [0, 0.1) is 0 Å². The summed E-state index contributed by atoms with van der Waals surface area (Å²) in [4.78, 5) is 29.0. The maximum atomic E-state index is 13.8. The number of carbonyl (C=O) groups is 2. The topological polar surface area (TPSA) is 203 Å². The number of hydrogen-bond acceptors (Lipinski definition) is 6. The summed E-state index contributed by atoms with van der Waals surface area (Å²) in [5.74, 6) is -0.869. The first-order valence-electron chi connectivity index (χ1n) is 12.8. The van der Waals surface area contributed by atoms with Crippen molar-refractivity contribution in [1.82, 2.24) is 4.90 Å². The van der Waals surface area contributed by atoms with Crippen molar-refractivity contribution >= 4 is 40.8 Å². The van der Waals surface area contributed by atoms with E-state index in [4.69, 9.17) is 22.9 Å². The van der Waals surface area contributed by atoms with E-state index < -0.39 is 6.04 Å². The van der Waals surface area contributed by atoms with Crippen molar-refractivity contribution in [2.24, 2.45) is 43.3 Å². The first-order chi connectivity index (χ1) is 19.6. The van der Waals surface area contributed by atoms with Crippen LogP contribution >= 0.6 is 0 Å². The number of anilines is 1. The van der Waals surface area contributed by atoms with Gasteiger partial charge in [-0.15, -0.1) is 10.2 Å². The molecule has 0 radical (unpaired) electrons. The summed E-state index contributed by atoms with van der Waals surface area (Å²) >= 11 is 0. The minimum atomic E-state index is -0.734. The number of benzene rings is 3. The molecule has 0 aromatic heterocycles. The van der Waals surface area contributed by atoms with Gasteiger partial charge in [-0.2, -0.15) is 10.2 Å². The molecule has 1 atom stereocenters. The van der Waals surface area contributed by atoms with Crippen molar-refractivity contribution in [3.8, 4) is 0 Å². The van der Waals surface area contributed by atoms with Gasteiger partial charge in [0, 0.05) is 24.2 Å². The normalized spacial score (nSPS) is 15.0. The van der Waals surface area contributed by atoms with Crippen molar-refractivity contribution in [3.05, 3.63) is 101 Å². The van der Waals surface area contributed by atoms with Crippen molar-refractivity contribution in [2.75, 3.05) is 5.32 Å². The molecule has 41 heavy (non-hydrogen) atoms. The molecule has 12 nitrogen and oxygen atoms in total. The van der Waals surface area contributed by atoms with Crippen LogP contribution in [0.3, 0.4) is 0 Å². The Morgan fingerprint density at radius 3 is 1.95 bits per heavy atom. The first kappa shape index (κ1) is 28.5. The van der Waals surface area contributed by atoms with Gasteiger partial charge >= 0.3 is 0 Å². The summed E-state index contributed by atoms with van der Waals surface area (Å²) in [6.45, 7) is 3.81. The summed E-state index contributed by atoms with van der Waals surface area (Å²) < 4.78 is 0. The van der Waals surface area contributed by atoms with Gasteiger partial charge in [-0.05, 0) is 60.4 Å². The summed E-state index contributed by atoms with van der Waals surface area (Å²) in [7, 11) is 0. The van der Waals surface area contributed by atoms with Crippen molar-refractivity contribution in [1.29, 1.82) is 0 Å². The van der Waals surface area contributed by atoms with Crippen LogP contribution in [0.4, 0.5) is 5.69 Å². The molecule has 0 spiro atoms. The molecule has 3 aromatic rings. The zero-order valence-electron chi connectivity index (χ0n) is 22.8. The number of rotatable bonds is 7. The molecular weight excluding hydrogens is 520 g/mol. The monoisotopic (exact) mass is 552 g/mol. The van der Waals surface area contributed by atoms with Crippen LogP contribution in [0.25, 0.3) is 0 Å². The van der Waals surface area contributed by atoms with Gasteiger partial charge in [0.2, 0.25) is 17.8 Å². The SMILES string of the molecule is C/C(=N\N=C(N)N)c1ccc(C(=O)N2Cc3ccccc3C[C@H]2C(=O)Nc2cccc(/C(C)=N/N=C(N)N)c2)cc1. The minimum Gasteiger partial charge on any atom is -0.369 e. The molecule has 210 valence electrons. The van der Waals surface area contributed by atoms with E-state index in [0.717, 1.165) is 22.3 Å². The standard InChI is InChI=1S/C29H32N10O2/c1-17(35-37-28(30)31)19-10-12-20(13-11-19)27(41)39-16-23-7-4-3-6-22(23)15-25(39)26(40)34-24-9-5-8-21(14-24)18(2)36-38-29(32)33/h3-14,25H,15-16H2,1-2H3,(H,34,40)(H4,30,31,37)(H4,32,33,38)/b35-17+,36-18+/t25-/m0/s1. The van der Waals surface area contributed by atoms with E-state index >= 15 is 0 Å². The third kappa shape index (κ3) is 7.12. The molecule has 0 unspecified atom stereocenters. The van der Waals surface area contributed by atoms with E-state index in [9.17, 15) is 9.59 Å². The average Bonchev–Trinajstić information content (AvgIpc) is 2.97. The zero-order chi connectivity index (χ0) is 29.5. The zero-order valence-corrected chi connectivity index (χ0v) is 22.8. The Labute approximate surface area is 237 Å².